The molecular weight excluding hydrogens is 250 g/mol. The van der Waals surface area contributed by atoms with Crippen molar-refractivity contribution in [1.29, 1.82) is 5.26 Å². The summed E-state index contributed by atoms with van der Waals surface area (Å²) in [6.45, 7) is 0. The van der Waals surface area contributed by atoms with Crippen LogP contribution in [0.15, 0.2) is 12.3 Å². The van der Waals surface area contributed by atoms with Gasteiger partial charge in [0.05, 0.1) is 17.8 Å². The van der Waals surface area contributed by atoms with Crippen LogP contribution >= 0.6 is 0 Å². The first kappa shape index (κ1) is 13.4. The summed E-state index contributed by atoms with van der Waals surface area (Å²) in [6, 6.07) is 4.76. The number of ketones is 1. The van der Waals surface area contributed by atoms with Crippen molar-refractivity contribution < 1.29 is 4.79 Å². The van der Waals surface area contributed by atoms with E-state index in [0.29, 0.717) is 25.3 Å². The normalized spacial score (nSPS) is 27.6. The van der Waals surface area contributed by atoms with Crippen molar-refractivity contribution in [3.05, 3.63) is 18.0 Å². The number of aromatic nitrogens is 2. The lowest BCUT2D eigenvalue weighted by Gasteiger charge is -2.22. The molecule has 4 heteroatoms. The van der Waals surface area contributed by atoms with Gasteiger partial charge in [-0.3, -0.25) is 9.48 Å². The molecule has 0 bridgehead atoms. The van der Waals surface area contributed by atoms with E-state index < -0.39 is 5.41 Å². The molecule has 1 aromatic heterocycles. The number of rotatable bonds is 3. The van der Waals surface area contributed by atoms with Gasteiger partial charge in [0.1, 0.15) is 5.41 Å². The Labute approximate surface area is 119 Å². The number of hydrogen-bond acceptors (Lipinski definition) is 3. The molecule has 2 aliphatic rings. The third kappa shape index (κ3) is 2.37. The largest absolute Gasteiger partial charge is 0.298 e. The number of nitriles is 1. The van der Waals surface area contributed by atoms with E-state index in [1.54, 1.807) is 0 Å². The second-order valence-corrected chi connectivity index (χ2v) is 6.23. The average molecular weight is 271 g/mol. The van der Waals surface area contributed by atoms with Crippen LogP contribution in [-0.4, -0.2) is 15.6 Å². The summed E-state index contributed by atoms with van der Waals surface area (Å²) in [5.74, 6) is 0.104. The summed E-state index contributed by atoms with van der Waals surface area (Å²) in [6.07, 6.45) is 10.9. The van der Waals surface area contributed by atoms with Gasteiger partial charge in [0.2, 0.25) is 0 Å². The third-order valence-corrected chi connectivity index (χ3v) is 4.85. The molecule has 1 aromatic rings. The second kappa shape index (κ2) is 5.40. The Morgan fingerprint density at radius 3 is 2.80 bits per heavy atom. The van der Waals surface area contributed by atoms with E-state index in [1.165, 1.54) is 32.1 Å². The summed E-state index contributed by atoms with van der Waals surface area (Å²) in [7, 11) is 0. The van der Waals surface area contributed by atoms with Crippen LogP contribution in [0.4, 0.5) is 0 Å². The lowest BCUT2D eigenvalue weighted by Crippen LogP contribution is -2.26. The molecule has 1 heterocycles. The molecule has 20 heavy (non-hydrogen) atoms. The molecule has 0 saturated heterocycles. The number of carbonyl (C=O) groups is 1. The topological polar surface area (TPSA) is 58.7 Å². The fourth-order valence-corrected chi connectivity index (χ4v) is 3.60. The van der Waals surface area contributed by atoms with E-state index >= 15 is 0 Å². The quantitative estimate of drug-likeness (QED) is 0.848. The van der Waals surface area contributed by atoms with E-state index in [4.69, 9.17) is 0 Å². The van der Waals surface area contributed by atoms with Gasteiger partial charge in [-0.15, -0.1) is 0 Å². The third-order valence-electron chi connectivity index (χ3n) is 4.85. The molecule has 1 unspecified atom stereocenters. The Kier molecular flexibility index (Phi) is 3.60. The maximum Gasteiger partial charge on any atom is 0.153 e. The molecule has 0 N–H and O–H groups in total. The van der Waals surface area contributed by atoms with Crippen molar-refractivity contribution in [2.45, 2.75) is 63.8 Å². The van der Waals surface area contributed by atoms with Gasteiger partial charge in [-0.1, -0.05) is 19.3 Å². The Balaban J connectivity index is 1.74. The van der Waals surface area contributed by atoms with Gasteiger partial charge in [-0.2, -0.15) is 10.4 Å². The molecule has 0 aliphatic heterocycles. The predicted octanol–water partition coefficient (Wildman–Crippen LogP) is 3.19. The highest BCUT2D eigenvalue weighted by Crippen LogP contribution is 2.37. The van der Waals surface area contributed by atoms with Crippen LogP contribution in [0.25, 0.3) is 0 Å². The number of hydrogen-bond donors (Lipinski definition) is 0. The molecule has 4 nitrogen and oxygen atoms in total. The van der Waals surface area contributed by atoms with Gasteiger partial charge in [0, 0.05) is 19.0 Å². The number of Topliss-reactive ketones (excluding diaryl/α,β-unsaturated/α-hetero) is 1. The Hall–Kier alpha value is -1.63. The van der Waals surface area contributed by atoms with Gasteiger partial charge in [-0.05, 0) is 31.7 Å². The molecule has 0 radical (unpaired) electrons. The zero-order valence-electron chi connectivity index (χ0n) is 11.8. The minimum atomic E-state index is -0.800. The van der Waals surface area contributed by atoms with Crippen LogP contribution in [0.3, 0.4) is 0 Å². The first-order chi connectivity index (χ1) is 9.73. The molecule has 2 aliphatic carbocycles. The lowest BCUT2D eigenvalue weighted by atomic mass is 9.82. The molecule has 2 saturated carbocycles. The fraction of sp³-hybridized carbons (Fsp3) is 0.688. The van der Waals surface area contributed by atoms with Crippen molar-refractivity contribution in [3.8, 4) is 6.07 Å². The Morgan fingerprint density at radius 2 is 2.15 bits per heavy atom. The highest BCUT2D eigenvalue weighted by molar-refractivity contribution is 5.89. The minimum absolute atomic E-state index is 0.104. The number of nitrogens with zero attached hydrogens (tertiary/aromatic N) is 3. The molecule has 0 spiro atoms. The van der Waals surface area contributed by atoms with E-state index in [1.807, 2.05) is 12.3 Å². The van der Waals surface area contributed by atoms with Crippen molar-refractivity contribution >= 4 is 5.78 Å². The highest BCUT2D eigenvalue weighted by Gasteiger charge is 2.42. The highest BCUT2D eigenvalue weighted by atomic mass is 16.1. The summed E-state index contributed by atoms with van der Waals surface area (Å²) >= 11 is 0. The predicted molar refractivity (Wildman–Crippen MR) is 75.0 cm³/mol. The molecule has 0 amide bonds. The second-order valence-electron chi connectivity index (χ2n) is 6.23. The van der Waals surface area contributed by atoms with Crippen molar-refractivity contribution in [1.82, 2.24) is 9.78 Å². The average Bonchev–Trinajstić information content (AvgIpc) is 3.08. The molecule has 3 rings (SSSR count). The van der Waals surface area contributed by atoms with Gasteiger partial charge in [0.15, 0.2) is 5.78 Å². The van der Waals surface area contributed by atoms with Crippen LogP contribution in [0, 0.1) is 16.7 Å². The van der Waals surface area contributed by atoms with Crippen molar-refractivity contribution in [3.63, 3.8) is 0 Å². The molecular formula is C16H21N3O. The molecule has 106 valence electrons. The summed E-state index contributed by atoms with van der Waals surface area (Å²) < 4.78 is 2.05. The van der Waals surface area contributed by atoms with Gasteiger partial charge in [0.25, 0.3) is 0 Å². The lowest BCUT2D eigenvalue weighted by molar-refractivity contribution is -0.123. The zero-order chi connectivity index (χ0) is 14.0. The van der Waals surface area contributed by atoms with Crippen LogP contribution < -0.4 is 0 Å². The van der Waals surface area contributed by atoms with Gasteiger partial charge >= 0.3 is 0 Å². The first-order valence-corrected chi connectivity index (χ1v) is 7.72. The number of carbonyl (C=O) groups excluding carboxylic acids is 1. The SMILES string of the molecule is N#CC1(Cc2ccn(C3CCCCC3)n2)CCCC1=O. The Bertz CT molecular complexity index is 536. The maximum absolute atomic E-state index is 12.0. The van der Waals surface area contributed by atoms with E-state index in [9.17, 15) is 10.1 Å². The van der Waals surface area contributed by atoms with Crippen LogP contribution in [0.2, 0.25) is 0 Å². The first-order valence-electron chi connectivity index (χ1n) is 7.72. The van der Waals surface area contributed by atoms with Crippen LogP contribution in [-0.2, 0) is 11.2 Å². The van der Waals surface area contributed by atoms with Gasteiger partial charge in [-0.25, -0.2) is 0 Å². The van der Waals surface area contributed by atoms with Crippen molar-refractivity contribution in [2.75, 3.05) is 0 Å². The van der Waals surface area contributed by atoms with E-state index in [-0.39, 0.29) is 5.78 Å². The maximum atomic E-state index is 12.0. The summed E-state index contributed by atoms with van der Waals surface area (Å²) in [4.78, 5) is 12.0. The molecule has 0 aromatic carbocycles. The summed E-state index contributed by atoms with van der Waals surface area (Å²) in [5.41, 5.74) is 0.0959. The van der Waals surface area contributed by atoms with Crippen molar-refractivity contribution in [2.24, 2.45) is 5.41 Å². The van der Waals surface area contributed by atoms with E-state index in [0.717, 1.165) is 12.1 Å². The van der Waals surface area contributed by atoms with Crippen LogP contribution in [0.5, 0.6) is 0 Å². The minimum Gasteiger partial charge on any atom is -0.298 e. The smallest absolute Gasteiger partial charge is 0.153 e. The fourth-order valence-electron chi connectivity index (χ4n) is 3.60. The van der Waals surface area contributed by atoms with E-state index in [2.05, 4.69) is 15.8 Å². The summed E-state index contributed by atoms with van der Waals surface area (Å²) in [5, 5.41) is 14.0. The zero-order valence-corrected chi connectivity index (χ0v) is 11.8. The Morgan fingerprint density at radius 1 is 1.35 bits per heavy atom. The van der Waals surface area contributed by atoms with Gasteiger partial charge < -0.3 is 0 Å². The standard InChI is InChI=1S/C16H21N3O/c17-12-16(9-4-7-15(16)20)11-13-8-10-19(18-13)14-5-2-1-3-6-14/h8,10,14H,1-7,9,11H2. The van der Waals surface area contributed by atoms with Crippen LogP contribution in [0.1, 0.15) is 63.1 Å². The monoisotopic (exact) mass is 271 g/mol. The molecule has 2 fully saturated rings. The molecule has 1 atom stereocenters.